The van der Waals surface area contributed by atoms with Gasteiger partial charge in [-0.15, -0.1) is 0 Å². The van der Waals surface area contributed by atoms with Crippen LogP contribution in [-0.2, 0) is 16.2 Å². The largest absolute Gasteiger partial charge is 0.493 e. The summed E-state index contributed by atoms with van der Waals surface area (Å²) in [4.78, 5) is 34.5. The summed E-state index contributed by atoms with van der Waals surface area (Å²) in [5, 5.41) is 15.4. The fourth-order valence-corrected chi connectivity index (χ4v) is 2.78. The van der Waals surface area contributed by atoms with E-state index in [1.54, 1.807) is 30.3 Å². The number of carbonyl (C=O) groups excluding carboxylic acids is 2. The number of nitrogens with one attached hydrogen (secondary N) is 2. The number of hydrogen-bond donors (Lipinski definition) is 2. The number of benzene rings is 2. The lowest BCUT2D eigenvalue weighted by molar-refractivity contribution is -0.384. The van der Waals surface area contributed by atoms with Gasteiger partial charge in [-0.05, 0) is 42.1 Å². The minimum Gasteiger partial charge on any atom is -0.493 e. The highest BCUT2D eigenvalue weighted by molar-refractivity contribution is 7.80. The van der Waals surface area contributed by atoms with Gasteiger partial charge in [0.15, 0.2) is 16.6 Å². The highest BCUT2D eigenvalue weighted by Crippen LogP contribution is 2.33. The predicted octanol–water partition coefficient (Wildman–Crippen LogP) is 2.10. The molecule has 29 heavy (non-hydrogen) atoms. The van der Waals surface area contributed by atoms with Crippen molar-refractivity contribution < 1.29 is 24.0 Å². The van der Waals surface area contributed by atoms with Crippen molar-refractivity contribution >= 4 is 40.9 Å². The van der Waals surface area contributed by atoms with Gasteiger partial charge >= 0.3 is 0 Å². The van der Waals surface area contributed by atoms with Gasteiger partial charge in [-0.2, -0.15) is 0 Å². The van der Waals surface area contributed by atoms with Crippen LogP contribution >= 0.6 is 12.2 Å². The van der Waals surface area contributed by atoms with Crippen molar-refractivity contribution in [3.8, 4) is 11.5 Å². The standard InChI is InChI=1S/C19H15N3O6S/c1-27-15-4-2-3-12(9-14-17(23)20-19(29)21-18(14)24)16(15)28-10-11-5-7-13(8-6-11)22(25)26/h2-9H,10H2,1H3,(H2,20,21,23,24,29). The van der Waals surface area contributed by atoms with Crippen molar-refractivity contribution in [1.29, 1.82) is 0 Å². The fourth-order valence-electron chi connectivity index (χ4n) is 2.59. The van der Waals surface area contributed by atoms with E-state index in [1.807, 2.05) is 0 Å². The lowest BCUT2D eigenvalue weighted by Gasteiger charge is -2.18. The molecule has 0 saturated carbocycles. The number of ether oxygens (including phenoxy) is 2. The van der Waals surface area contributed by atoms with E-state index in [0.29, 0.717) is 22.6 Å². The van der Waals surface area contributed by atoms with Gasteiger partial charge in [0.05, 0.1) is 12.0 Å². The van der Waals surface area contributed by atoms with Crippen molar-refractivity contribution in [3.63, 3.8) is 0 Å². The van der Waals surface area contributed by atoms with Crippen LogP contribution < -0.4 is 20.1 Å². The summed E-state index contributed by atoms with van der Waals surface area (Å²) in [6.45, 7) is 0.0943. The lowest BCUT2D eigenvalue weighted by atomic mass is 10.1. The summed E-state index contributed by atoms with van der Waals surface area (Å²) in [6, 6.07) is 10.9. The normalized spacial score (nSPS) is 13.4. The zero-order chi connectivity index (χ0) is 21.0. The Morgan fingerprint density at radius 3 is 2.34 bits per heavy atom. The molecule has 0 atom stereocenters. The van der Waals surface area contributed by atoms with Crippen LogP contribution in [0.1, 0.15) is 11.1 Å². The van der Waals surface area contributed by atoms with Gasteiger partial charge in [0.1, 0.15) is 12.2 Å². The Kier molecular flexibility index (Phi) is 5.84. The van der Waals surface area contributed by atoms with Crippen LogP contribution in [-0.4, -0.2) is 29.0 Å². The van der Waals surface area contributed by atoms with Gasteiger partial charge in [-0.3, -0.25) is 30.3 Å². The maximum Gasteiger partial charge on any atom is 0.269 e. The van der Waals surface area contributed by atoms with Crippen molar-refractivity contribution in [2.75, 3.05) is 7.11 Å². The zero-order valence-electron chi connectivity index (χ0n) is 15.1. The van der Waals surface area contributed by atoms with Gasteiger partial charge in [0, 0.05) is 17.7 Å². The lowest BCUT2D eigenvalue weighted by Crippen LogP contribution is -2.51. The summed E-state index contributed by atoms with van der Waals surface area (Å²) in [7, 11) is 1.46. The molecule has 10 heteroatoms. The molecular weight excluding hydrogens is 398 g/mol. The summed E-state index contributed by atoms with van der Waals surface area (Å²) in [5.41, 5.74) is 0.980. The molecule has 2 N–H and O–H groups in total. The first-order valence-electron chi connectivity index (χ1n) is 8.30. The van der Waals surface area contributed by atoms with Crippen molar-refractivity contribution in [2.45, 2.75) is 6.61 Å². The van der Waals surface area contributed by atoms with E-state index in [4.69, 9.17) is 21.7 Å². The van der Waals surface area contributed by atoms with Crippen LogP contribution in [0.5, 0.6) is 11.5 Å². The van der Waals surface area contributed by atoms with E-state index < -0.39 is 16.7 Å². The number of nitrogens with zero attached hydrogens (tertiary/aromatic N) is 1. The third-order valence-corrected chi connectivity index (χ3v) is 4.21. The van der Waals surface area contributed by atoms with E-state index in [0.717, 1.165) is 0 Å². The second-order valence-electron chi connectivity index (χ2n) is 5.89. The Hall–Kier alpha value is -3.79. The smallest absolute Gasteiger partial charge is 0.269 e. The number of amides is 2. The first kappa shape index (κ1) is 20.0. The maximum absolute atomic E-state index is 12.1. The minimum atomic E-state index is -0.622. The van der Waals surface area contributed by atoms with Crippen LogP contribution in [0.4, 0.5) is 5.69 Å². The Labute approximate surface area is 170 Å². The molecule has 0 aliphatic carbocycles. The minimum absolute atomic E-state index is 0.0244. The summed E-state index contributed by atoms with van der Waals surface area (Å²) in [5.74, 6) is -0.534. The van der Waals surface area contributed by atoms with Gasteiger partial charge in [0.2, 0.25) is 0 Å². The molecule has 1 heterocycles. The van der Waals surface area contributed by atoms with Gasteiger partial charge in [-0.25, -0.2) is 0 Å². The van der Waals surface area contributed by atoms with Crippen LogP contribution in [0.15, 0.2) is 48.0 Å². The van der Waals surface area contributed by atoms with Crippen LogP contribution in [0.3, 0.4) is 0 Å². The SMILES string of the molecule is COc1cccc(C=C2C(=O)NC(=S)NC2=O)c1OCc1ccc([N+](=O)[O-])cc1. The van der Waals surface area contributed by atoms with E-state index >= 15 is 0 Å². The van der Waals surface area contributed by atoms with Crippen LogP contribution in [0.25, 0.3) is 6.08 Å². The Morgan fingerprint density at radius 1 is 1.10 bits per heavy atom. The molecule has 3 rings (SSSR count). The predicted molar refractivity (Wildman–Crippen MR) is 107 cm³/mol. The summed E-state index contributed by atoms with van der Waals surface area (Å²) < 4.78 is 11.2. The number of nitro groups is 1. The van der Waals surface area contributed by atoms with Crippen LogP contribution in [0, 0.1) is 10.1 Å². The second-order valence-corrected chi connectivity index (χ2v) is 6.29. The highest BCUT2D eigenvalue weighted by Gasteiger charge is 2.26. The molecule has 0 aromatic heterocycles. The number of carbonyl (C=O) groups is 2. The molecule has 9 nitrogen and oxygen atoms in total. The third-order valence-electron chi connectivity index (χ3n) is 4.00. The molecule has 0 spiro atoms. The molecule has 1 aliphatic heterocycles. The molecule has 2 aromatic rings. The van der Waals surface area contributed by atoms with E-state index in [-0.39, 0.29) is 23.0 Å². The van der Waals surface area contributed by atoms with Crippen molar-refractivity contribution in [1.82, 2.24) is 10.6 Å². The average molecular weight is 413 g/mol. The monoisotopic (exact) mass is 413 g/mol. The van der Waals surface area contributed by atoms with E-state index in [2.05, 4.69) is 10.6 Å². The maximum atomic E-state index is 12.1. The molecule has 1 fully saturated rings. The number of thiocarbonyl (C=S) groups is 1. The Morgan fingerprint density at radius 2 is 1.76 bits per heavy atom. The first-order valence-corrected chi connectivity index (χ1v) is 8.71. The number of hydrogen-bond acceptors (Lipinski definition) is 7. The molecule has 148 valence electrons. The van der Waals surface area contributed by atoms with Gasteiger partial charge < -0.3 is 9.47 Å². The van der Waals surface area contributed by atoms with E-state index in [9.17, 15) is 19.7 Å². The van der Waals surface area contributed by atoms with Crippen LogP contribution in [0.2, 0.25) is 0 Å². The molecule has 2 aromatic carbocycles. The molecule has 2 amide bonds. The molecular formula is C19H15N3O6S. The number of non-ortho nitro benzene ring substituents is 1. The zero-order valence-corrected chi connectivity index (χ0v) is 15.9. The number of methoxy groups -OCH3 is 1. The van der Waals surface area contributed by atoms with Crippen molar-refractivity contribution in [3.05, 3.63) is 69.3 Å². The second kappa shape index (κ2) is 8.48. The topological polar surface area (TPSA) is 120 Å². The number of rotatable bonds is 6. The molecule has 1 aliphatic rings. The summed E-state index contributed by atoms with van der Waals surface area (Å²) in [6.07, 6.45) is 1.38. The Bertz CT molecular complexity index is 1010. The summed E-state index contributed by atoms with van der Waals surface area (Å²) >= 11 is 4.79. The fraction of sp³-hybridized carbons (Fsp3) is 0.105. The number of nitro benzene ring substituents is 1. The first-order chi connectivity index (χ1) is 13.9. The molecule has 0 unspecified atom stereocenters. The average Bonchev–Trinajstić information content (AvgIpc) is 2.69. The quantitative estimate of drug-likeness (QED) is 0.245. The van der Waals surface area contributed by atoms with E-state index in [1.165, 1.54) is 25.3 Å². The highest BCUT2D eigenvalue weighted by atomic mass is 32.1. The molecule has 0 bridgehead atoms. The van der Waals surface area contributed by atoms with Gasteiger partial charge in [0.25, 0.3) is 17.5 Å². The Balaban J connectivity index is 1.89. The van der Waals surface area contributed by atoms with Crippen molar-refractivity contribution in [2.24, 2.45) is 0 Å². The molecule has 1 saturated heterocycles. The van der Waals surface area contributed by atoms with Gasteiger partial charge in [-0.1, -0.05) is 12.1 Å². The molecule has 0 radical (unpaired) electrons. The third kappa shape index (κ3) is 4.55. The number of para-hydroxylation sites is 1.